The van der Waals surface area contributed by atoms with Gasteiger partial charge in [0, 0.05) is 17.9 Å². The first-order valence-electron chi connectivity index (χ1n) is 6.59. The highest BCUT2D eigenvalue weighted by Gasteiger charge is 2.57. The van der Waals surface area contributed by atoms with Crippen molar-refractivity contribution >= 4 is 0 Å². The van der Waals surface area contributed by atoms with Gasteiger partial charge < -0.3 is 5.32 Å². The molecule has 1 N–H and O–H groups in total. The topological polar surface area (TPSA) is 24.9 Å². The highest BCUT2D eigenvalue weighted by Crippen LogP contribution is 2.63. The van der Waals surface area contributed by atoms with Gasteiger partial charge in [-0.25, -0.2) is 0 Å². The molecule has 2 atom stereocenters. The molecule has 0 spiro atoms. The normalized spacial score (nSPS) is 26.2. The fourth-order valence-electron chi connectivity index (χ4n) is 2.81. The van der Waals surface area contributed by atoms with Gasteiger partial charge in [0.15, 0.2) is 0 Å². The van der Waals surface area contributed by atoms with E-state index in [1.165, 1.54) is 5.56 Å². The molecular weight excluding hydrogens is 208 g/mol. The van der Waals surface area contributed by atoms with Gasteiger partial charge in [0.05, 0.1) is 0 Å². The van der Waals surface area contributed by atoms with E-state index in [1.54, 1.807) is 0 Å². The van der Waals surface area contributed by atoms with Gasteiger partial charge in [-0.15, -0.1) is 0 Å². The van der Waals surface area contributed by atoms with Crippen LogP contribution in [0.4, 0.5) is 0 Å². The van der Waals surface area contributed by atoms with Crippen molar-refractivity contribution in [2.24, 2.45) is 11.3 Å². The van der Waals surface area contributed by atoms with Crippen molar-refractivity contribution in [1.82, 2.24) is 10.3 Å². The van der Waals surface area contributed by atoms with Crippen molar-refractivity contribution in [1.29, 1.82) is 0 Å². The summed E-state index contributed by atoms with van der Waals surface area (Å²) < 4.78 is 0. The number of aryl methyl sites for hydroxylation is 1. The maximum atomic E-state index is 4.42. The second-order valence-electron chi connectivity index (χ2n) is 6.20. The molecular formula is C15H24N2. The molecule has 0 bridgehead atoms. The third-order valence-corrected chi connectivity index (χ3v) is 4.09. The van der Waals surface area contributed by atoms with E-state index in [9.17, 15) is 0 Å². The average molecular weight is 232 g/mol. The van der Waals surface area contributed by atoms with Crippen LogP contribution in [0.2, 0.25) is 0 Å². The fourth-order valence-corrected chi connectivity index (χ4v) is 2.81. The zero-order chi connectivity index (χ0) is 12.6. The number of aromatic nitrogens is 1. The van der Waals surface area contributed by atoms with Gasteiger partial charge in [-0.1, -0.05) is 33.8 Å². The quantitative estimate of drug-likeness (QED) is 0.862. The van der Waals surface area contributed by atoms with E-state index >= 15 is 0 Å². The Kier molecular flexibility index (Phi) is 3.26. The third kappa shape index (κ3) is 2.52. The lowest BCUT2D eigenvalue weighted by molar-refractivity contribution is 0.491. The van der Waals surface area contributed by atoms with E-state index in [-0.39, 0.29) is 0 Å². The van der Waals surface area contributed by atoms with Gasteiger partial charge in [-0.2, -0.15) is 0 Å². The zero-order valence-electron chi connectivity index (χ0n) is 11.6. The number of nitrogens with one attached hydrogen (secondary N) is 1. The number of hydrogen-bond donors (Lipinski definition) is 1. The van der Waals surface area contributed by atoms with E-state index in [0.29, 0.717) is 17.4 Å². The highest BCUT2D eigenvalue weighted by atomic mass is 14.9. The molecule has 0 aliphatic heterocycles. The van der Waals surface area contributed by atoms with Crippen molar-refractivity contribution in [2.75, 3.05) is 6.54 Å². The van der Waals surface area contributed by atoms with Crippen LogP contribution >= 0.6 is 0 Å². The largest absolute Gasteiger partial charge is 0.314 e. The summed E-state index contributed by atoms with van der Waals surface area (Å²) in [4.78, 5) is 4.42. The van der Waals surface area contributed by atoms with Crippen LogP contribution in [0.15, 0.2) is 18.3 Å². The molecule has 1 saturated carbocycles. The van der Waals surface area contributed by atoms with Crippen LogP contribution in [-0.4, -0.2) is 17.6 Å². The van der Waals surface area contributed by atoms with E-state index < -0.39 is 0 Å². The van der Waals surface area contributed by atoms with Crippen LogP contribution < -0.4 is 5.32 Å². The molecule has 2 nitrogen and oxygen atoms in total. The Bertz CT molecular complexity index is 378. The third-order valence-electron chi connectivity index (χ3n) is 4.09. The molecule has 1 fully saturated rings. The van der Waals surface area contributed by atoms with Gasteiger partial charge in [0.1, 0.15) is 0 Å². The molecule has 1 aliphatic carbocycles. The summed E-state index contributed by atoms with van der Waals surface area (Å²) >= 11 is 0. The molecule has 2 unspecified atom stereocenters. The molecule has 1 aromatic rings. The molecule has 0 aromatic carbocycles. The van der Waals surface area contributed by atoms with Crippen molar-refractivity contribution in [3.05, 3.63) is 29.6 Å². The number of pyridine rings is 1. The molecule has 0 amide bonds. The van der Waals surface area contributed by atoms with Crippen molar-refractivity contribution < 1.29 is 0 Å². The fraction of sp³-hybridized carbons (Fsp3) is 0.667. The maximum Gasteiger partial charge on any atom is 0.0372 e. The summed E-state index contributed by atoms with van der Waals surface area (Å²) in [5.41, 5.74) is 2.92. The molecule has 1 aliphatic rings. The van der Waals surface area contributed by atoms with Crippen molar-refractivity contribution in [2.45, 2.75) is 46.6 Å². The summed E-state index contributed by atoms with van der Waals surface area (Å²) in [5, 5.41) is 3.55. The highest BCUT2D eigenvalue weighted by molar-refractivity contribution is 5.30. The smallest absolute Gasteiger partial charge is 0.0372 e. The van der Waals surface area contributed by atoms with Crippen LogP contribution in [0.1, 0.15) is 44.9 Å². The van der Waals surface area contributed by atoms with Crippen LogP contribution in [-0.2, 0) is 0 Å². The predicted octanol–water partition coefficient (Wildman–Crippen LogP) is 3.13. The monoisotopic (exact) mass is 232 g/mol. The lowest BCUT2D eigenvalue weighted by Gasteiger charge is -2.08. The first kappa shape index (κ1) is 12.6. The van der Waals surface area contributed by atoms with E-state index in [2.05, 4.69) is 56.3 Å². The van der Waals surface area contributed by atoms with E-state index in [4.69, 9.17) is 0 Å². The summed E-state index contributed by atoms with van der Waals surface area (Å²) in [7, 11) is 0. The van der Waals surface area contributed by atoms with Gasteiger partial charge in [-0.3, -0.25) is 4.98 Å². The first-order valence-corrected chi connectivity index (χ1v) is 6.59. The van der Waals surface area contributed by atoms with Gasteiger partial charge >= 0.3 is 0 Å². The Balaban J connectivity index is 2.05. The Labute approximate surface area is 105 Å². The lowest BCUT2D eigenvalue weighted by atomic mass is 10.0. The van der Waals surface area contributed by atoms with Crippen molar-refractivity contribution in [3.8, 4) is 0 Å². The molecule has 1 heterocycles. The molecule has 0 saturated heterocycles. The van der Waals surface area contributed by atoms with Gasteiger partial charge in [0.25, 0.3) is 0 Å². The van der Waals surface area contributed by atoms with Gasteiger partial charge in [0.2, 0.25) is 0 Å². The first-order chi connectivity index (χ1) is 7.93. The Hall–Kier alpha value is -0.890. The SMILES string of the molecule is Cc1ccc(C2C(CNC(C)C)C2(C)C)cn1. The average Bonchev–Trinajstić information content (AvgIpc) is 2.79. The minimum Gasteiger partial charge on any atom is -0.314 e. The predicted molar refractivity (Wildman–Crippen MR) is 72.1 cm³/mol. The second-order valence-corrected chi connectivity index (χ2v) is 6.20. The number of hydrogen-bond acceptors (Lipinski definition) is 2. The molecule has 1 aromatic heterocycles. The summed E-state index contributed by atoms with van der Waals surface area (Å²) in [6.07, 6.45) is 2.05. The van der Waals surface area contributed by atoms with E-state index in [1.807, 2.05) is 6.92 Å². The summed E-state index contributed by atoms with van der Waals surface area (Å²) in [6.45, 7) is 12.3. The Morgan fingerprint density at radius 1 is 1.35 bits per heavy atom. The number of nitrogens with zero attached hydrogens (tertiary/aromatic N) is 1. The Morgan fingerprint density at radius 2 is 2.06 bits per heavy atom. The molecule has 2 heteroatoms. The van der Waals surface area contributed by atoms with Crippen LogP contribution in [0.5, 0.6) is 0 Å². The Morgan fingerprint density at radius 3 is 2.59 bits per heavy atom. The van der Waals surface area contributed by atoms with Crippen molar-refractivity contribution in [3.63, 3.8) is 0 Å². The molecule has 0 radical (unpaired) electrons. The van der Waals surface area contributed by atoms with E-state index in [0.717, 1.165) is 18.2 Å². The van der Waals surface area contributed by atoms with Crippen LogP contribution in [0.3, 0.4) is 0 Å². The number of rotatable bonds is 4. The summed E-state index contributed by atoms with van der Waals surface area (Å²) in [6, 6.07) is 4.93. The van der Waals surface area contributed by atoms with Gasteiger partial charge in [-0.05, 0) is 42.3 Å². The second kappa shape index (κ2) is 4.41. The van der Waals surface area contributed by atoms with Crippen LogP contribution in [0, 0.1) is 18.3 Å². The minimum absolute atomic E-state index is 0.416. The minimum atomic E-state index is 0.416. The standard InChI is InChI=1S/C15H24N2/c1-10(2)16-9-13-14(15(13,4)5)12-7-6-11(3)17-8-12/h6-8,10,13-14,16H,9H2,1-5H3. The lowest BCUT2D eigenvalue weighted by Crippen LogP contribution is -2.26. The summed E-state index contributed by atoms with van der Waals surface area (Å²) in [5.74, 6) is 1.41. The molecule has 17 heavy (non-hydrogen) atoms. The molecule has 94 valence electrons. The maximum absolute atomic E-state index is 4.42. The zero-order valence-corrected chi connectivity index (χ0v) is 11.6. The molecule has 2 rings (SSSR count). The van der Waals surface area contributed by atoms with Crippen LogP contribution in [0.25, 0.3) is 0 Å².